The number of halogens is 1. The minimum Gasteiger partial charge on any atom is -0.391 e. The first kappa shape index (κ1) is 19.2. The molecule has 1 aromatic carbocycles. The van der Waals surface area contributed by atoms with E-state index < -0.39 is 17.6 Å². The number of hydrogen-bond acceptors (Lipinski definition) is 6. The predicted octanol–water partition coefficient (Wildman–Crippen LogP) is 1.99. The van der Waals surface area contributed by atoms with Crippen molar-refractivity contribution in [2.75, 3.05) is 0 Å². The number of carbonyl (C=O) groups is 1. The van der Waals surface area contributed by atoms with Crippen LogP contribution in [0.15, 0.2) is 53.6 Å². The SMILES string of the molecule is O=C(N[C@H]1CCC[C@H]1O)c1cc(-c2ccc(Cl)cc2)nn(-c2ccnnc2)c1=O. The molecule has 1 aliphatic rings. The summed E-state index contributed by atoms with van der Waals surface area (Å²) in [5.41, 5.74) is 0.854. The van der Waals surface area contributed by atoms with Crippen LogP contribution in [-0.2, 0) is 0 Å². The van der Waals surface area contributed by atoms with Gasteiger partial charge < -0.3 is 10.4 Å². The molecule has 1 amide bonds. The van der Waals surface area contributed by atoms with Crippen molar-refractivity contribution in [3.05, 3.63) is 69.7 Å². The third-order valence-corrected chi connectivity index (χ3v) is 5.16. The van der Waals surface area contributed by atoms with E-state index in [4.69, 9.17) is 11.6 Å². The summed E-state index contributed by atoms with van der Waals surface area (Å²) >= 11 is 5.96. The van der Waals surface area contributed by atoms with Crippen LogP contribution in [0, 0.1) is 0 Å². The molecule has 0 bridgehead atoms. The Morgan fingerprint density at radius 1 is 1.17 bits per heavy atom. The standard InChI is InChI=1S/C20H18ClN5O3/c21-13-6-4-12(5-7-13)17-10-15(19(28)24-16-2-1-3-18(16)27)20(29)26(25-17)14-8-9-22-23-11-14/h4-11,16,18,27H,1-3H2,(H,24,28)/t16-,18+/m0/s1. The summed E-state index contributed by atoms with van der Waals surface area (Å²) in [6.07, 6.45) is 4.35. The van der Waals surface area contributed by atoms with E-state index in [2.05, 4.69) is 20.6 Å². The van der Waals surface area contributed by atoms with Crippen molar-refractivity contribution < 1.29 is 9.90 Å². The second-order valence-electron chi connectivity index (χ2n) is 6.85. The lowest BCUT2D eigenvalue weighted by Crippen LogP contribution is -2.42. The maximum atomic E-state index is 13.0. The first-order valence-corrected chi connectivity index (χ1v) is 9.57. The van der Waals surface area contributed by atoms with E-state index in [0.29, 0.717) is 34.8 Å². The number of nitrogens with one attached hydrogen (secondary N) is 1. The molecule has 2 N–H and O–H groups in total. The van der Waals surface area contributed by atoms with Crippen molar-refractivity contribution >= 4 is 17.5 Å². The van der Waals surface area contributed by atoms with Crippen LogP contribution in [0.1, 0.15) is 29.6 Å². The summed E-state index contributed by atoms with van der Waals surface area (Å²) in [6, 6.07) is 9.58. The fraction of sp³-hybridized carbons (Fsp3) is 0.250. The lowest BCUT2D eigenvalue weighted by atomic mass is 10.1. The molecular formula is C20H18ClN5O3. The highest BCUT2D eigenvalue weighted by molar-refractivity contribution is 6.30. The summed E-state index contributed by atoms with van der Waals surface area (Å²) in [6.45, 7) is 0. The zero-order valence-corrected chi connectivity index (χ0v) is 16.1. The fourth-order valence-corrected chi connectivity index (χ4v) is 3.48. The maximum absolute atomic E-state index is 13.0. The third-order valence-electron chi connectivity index (χ3n) is 4.91. The third kappa shape index (κ3) is 4.03. The van der Waals surface area contributed by atoms with E-state index in [9.17, 15) is 14.7 Å². The molecule has 0 radical (unpaired) electrons. The molecule has 2 heterocycles. The van der Waals surface area contributed by atoms with Crippen molar-refractivity contribution in [2.24, 2.45) is 0 Å². The van der Waals surface area contributed by atoms with Gasteiger partial charge in [0.15, 0.2) is 0 Å². The molecule has 4 rings (SSSR count). The highest BCUT2D eigenvalue weighted by atomic mass is 35.5. The number of aliphatic hydroxyl groups is 1. The summed E-state index contributed by atoms with van der Waals surface area (Å²) < 4.78 is 1.12. The first-order valence-electron chi connectivity index (χ1n) is 9.19. The molecule has 0 saturated heterocycles. The van der Waals surface area contributed by atoms with Gasteiger partial charge in [-0.3, -0.25) is 9.59 Å². The Bertz CT molecular complexity index is 1090. The Morgan fingerprint density at radius 2 is 1.97 bits per heavy atom. The van der Waals surface area contributed by atoms with Crippen LogP contribution >= 0.6 is 11.6 Å². The van der Waals surface area contributed by atoms with Crippen LogP contribution in [-0.4, -0.2) is 43.1 Å². The van der Waals surface area contributed by atoms with Gasteiger partial charge in [-0.25, -0.2) is 0 Å². The van der Waals surface area contributed by atoms with Crippen molar-refractivity contribution in [2.45, 2.75) is 31.4 Å². The second-order valence-corrected chi connectivity index (χ2v) is 7.28. The summed E-state index contributed by atoms with van der Waals surface area (Å²) in [7, 11) is 0. The van der Waals surface area contributed by atoms with Crippen LogP contribution in [0.25, 0.3) is 16.9 Å². The molecule has 1 saturated carbocycles. The number of aliphatic hydroxyl groups excluding tert-OH is 1. The van der Waals surface area contributed by atoms with E-state index in [0.717, 1.165) is 11.1 Å². The topological polar surface area (TPSA) is 110 Å². The number of carbonyl (C=O) groups excluding carboxylic acids is 1. The average Bonchev–Trinajstić information content (AvgIpc) is 3.14. The Hall–Kier alpha value is -3.10. The highest BCUT2D eigenvalue weighted by Gasteiger charge is 2.28. The Labute approximate surface area is 171 Å². The van der Waals surface area contributed by atoms with E-state index >= 15 is 0 Å². The molecule has 1 aliphatic carbocycles. The van der Waals surface area contributed by atoms with Gasteiger partial charge in [0.25, 0.3) is 11.5 Å². The highest BCUT2D eigenvalue weighted by Crippen LogP contribution is 2.22. The molecule has 2 atom stereocenters. The number of hydrogen-bond donors (Lipinski definition) is 2. The summed E-state index contributed by atoms with van der Waals surface area (Å²) in [5, 5.41) is 25.2. The monoisotopic (exact) mass is 411 g/mol. The van der Waals surface area contributed by atoms with E-state index in [-0.39, 0.29) is 11.6 Å². The molecule has 0 spiro atoms. The second kappa shape index (κ2) is 8.10. The zero-order chi connectivity index (χ0) is 20.4. The Kier molecular flexibility index (Phi) is 5.37. The predicted molar refractivity (Wildman–Crippen MR) is 107 cm³/mol. The van der Waals surface area contributed by atoms with Gasteiger partial charge in [0.2, 0.25) is 0 Å². The van der Waals surface area contributed by atoms with E-state index in [1.165, 1.54) is 18.5 Å². The molecule has 0 aliphatic heterocycles. The number of nitrogens with zero attached hydrogens (tertiary/aromatic N) is 4. The van der Waals surface area contributed by atoms with Crippen molar-refractivity contribution in [3.8, 4) is 16.9 Å². The summed E-state index contributed by atoms with van der Waals surface area (Å²) in [4.78, 5) is 25.9. The Balaban J connectivity index is 1.81. The number of aromatic nitrogens is 4. The van der Waals surface area contributed by atoms with Crippen LogP contribution in [0.5, 0.6) is 0 Å². The van der Waals surface area contributed by atoms with Crippen molar-refractivity contribution in [1.29, 1.82) is 0 Å². The molecule has 148 valence electrons. The van der Waals surface area contributed by atoms with Gasteiger partial charge >= 0.3 is 0 Å². The number of rotatable bonds is 4. The molecule has 0 unspecified atom stereocenters. The van der Waals surface area contributed by atoms with E-state index in [1.807, 2.05) is 0 Å². The lowest BCUT2D eigenvalue weighted by molar-refractivity contribution is 0.0871. The number of benzene rings is 1. The molecule has 3 aromatic rings. The maximum Gasteiger partial charge on any atom is 0.284 e. The molecule has 8 nitrogen and oxygen atoms in total. The van der Waals surface area contributed by atoms with Gasteiger partial charge in [-0.05, 0) is 43.5 Å². The summed E-state index contributed by atoms with van der Waals surface area (Å²) in [5.74, 6) is -0.547. The largest absolute Gasteiger partial charge is 0.391 e. The Morgan fingerprint density at radius 3 is 2.62 bits per heavy atom. The minimum atomic E-state index is -0.608. The van der Waals surface area contributed by atoms with Gasteiger partial charge in [-0.2, -0.15) is 20.0 Å². The smallest absolute Gasteiger partial charge is 0.284 e. The van der Waals surface area contributed by atoms with Gasteiger partial charge in [-0.15, -0.1) is 0 Å². The zero-order valence-electron chi connectivity index (χ0n) is 15.3. The number of amides is 1. The van der Waals surface area contributed by atoms with Gasteiger partial charge in [-0.1, -0.05) is 23.7 Å². The van der Waals surface area contributed by atoms with Crippen molar-refractivity contribution in [3.63, 3.8) is 0 Å². The molecule has 9 heteroatoms. The molecule has 29 heavy (non-hydrogen) atoms. The first-order chi connectivity index (χ1) is 14.0. The van der Waals surface area contributed by atoms with Crippen LogP contribution in [0.3, 0.4) is 0 Å². The molecular weight excluding hydrogens is 394 g/mol. The van der Waals surface area contributed by atoms with Crippen LogP contribution < -0.4 is 10.9 Å². The van der Waals surface area contributed by atoms with Gasteiger partial charge in [0, 0.05) is 10.6 Å². The van der Waals surface area contributed by atoms with E-state index in [1.54, 1.807) is 30.3 Å². The molecule has 2 aromatic heterocycles. The fourth-order valence-electron chi connectivity index (χ4n) is 3.36. The van der Waals surface area contributed by atoms with Gasteiger partial charge in [0.05, 0.1) is 35.9 Å². The van der Waals surface area contributed by atoms with Crippen LogP contribution in [0.4, 0.5) is 0 Å². The lowest BCUT2D eigenvalue weighted by Gasteiger charge is -2.17. The van der Waals surface area contributed by atoms with Crippen molar-refractivity contribution in [1.82, 2.24) is 25.3 Å². The average molecular weight is 412 g/mol. The van der Waals surface area contributed by atoms with Crippen LogP contribution in [0.2, 0.25) is 5.02 Å². The van der Waals surface area contributed by atoms with Gasteiger partial charge in [0.1, 0.15) is 5.56 Å². The molecule has 1 fully saturated rings. The quantitative estimate of drug-likeness (QED) is 0.679. The normalized spacial score (nSPS) is 18.6. The minimum absolute atomic E-state index is 0.0686.